The topological polar surface area (TPSA) is 63.2 Å². The summed E-state index contributed by atoms with van der Waals surface area (Å²) in [6.07, 6.45) is 1.45. The van der Waals surface area contributed by atoms with E-state index in [-0.39, 0.29) is 5.91 Å². The first-order valence-electron chi connectivity index (χ1n) is 2.98. The minimum Gasteiger partial charge on any atom is -0.352 e. The standard InChI is InChI=1S/C6H9NO3S/c1-2-6(8)7-4-3-5-11(9)10/h2,5H,1,3-4H2,(H,7,8). The average molecular weight is 175 g/mol. The number of nitrogens with one attached hydrogen (secondary N) is 1. The molecule has 0 aliphatic rings. The van der Waals surface area contributed by atoms with Gasteiger partial charge in [0.25, 0.3) is 0 Å². The van der Waals surface area contributed by atoms with Crippen molar-refractivity contribution < 1.29 is 13.2 Å². The molecule has 0 aromatic rings. The smallest absolute Gasteiger partial charge is 0.243 e. The maximum absolute atomic E-state index is 10.5. The predicted octanol–water partition coefficient (Wildman–Crippen LogP) is -0.640. The van der Waals surface area contributed by atoms with E-state index < -0.39 is 10.3 Å². The number of hydrogen-bond acceptors (Lipinski definition) is 3. The van der Waals surface area contributed by atoms with Gasteiger partial charge in [0.2, 0.25) is 16.2 Å². The molecule has 0 saturated heterocycles. The molecular weight excluding hydrogens is 166 g/mol. The Balaban J connectivity index is 3.51. The molecule has 0 aromatic carbocycles. The molecule has 0 aliphatic heterocycles. The van der Waals surface area contributed by atoms with Crippen LogP contribution < -0.4 is 5.32 Å². The summed E-state index contributed by atoms with van der Waals surface area (Å²) in [6, 6.07) is 0. The van der Waals surface area contributed by atoms with Gasteiger partial charge in [0.15, 0.2) is 0 Å². The molecule has 11 heavy (non-hydrogen) atoms. The Hall–Kier alpha value is -1.10. The third kappa shape index (κ3) is 6.79. The van der Waals surface area contributed by atoms with Crippen LogP contribution in [-0.2, 0) is 15.1 Å². The minimum atomic E-state index is -2.13. The number of carbonyl (C=O) groups is 1. The van der Waals surface area contributed by atoms with Gasteiger partial charge in [-0.15, -0.1) is 0 Å². The molecule has 1 N–H and O–H groups in total. The molecule has 0 spiro atoms. The zero-order valence-electron chi connectivity index (χ0n) is 5.91. The Morgan fingerprint density at radius 3 is 2.64 bits per heavy atom. The van der Waals surface area contributed by atoms with Crippen molar-refractivity contribution in [3.8, 4) is 0 Å². The first-order valence-corrected chi connectivity index (χ1v) is 4.12. The Morgan fingerprint density at radius 2 is 2.18 bits per heavy atom. The summed E-state index contributed by atoms with van der Waals surface area (Å²) in [6.45, 7) is 3.55. The maximum Gasteiger partial charge on any atom is 0.243 e. The van der Waals surface area contributed by atoms with E-state index in [1.165, 1.54) is 0 Å². The number of carbonyl (C=O) groups excluding carboxylic acids is 1. The van der Waals surface area contributed by atoms with Gasteiger partial charge in [0.1, 0.15) is 0 Å². The Kier molecular flexibility index (Phi) is 5.10. The van der Waals surface area contributed by atoms with Gasteiger partial charge in [-0.05, 0) is 12.5 Å². The van der Waals surface area contributed by atoms with Gasteiger partial charge in [-0.1, -0.05) is 6.58 Å². The Bertz CT molecular complexity index is 258. The normalized spacial score (nSPS) is 8.36. The quantitative estimate of drug-likeness (QED) is 0.351. The molecule has 0 fully saturated rings. The third-order valence-corrected chi connectivity index (χ3v) is 1.39. The molecular formula is C6H9NO3S. The molecule has 1 amide bonds. The summed E-state index contributed by atoms with van der Waals surface area (Å²) in [5.41, 5.74) is 0. The monoisotopic (exact) mass is 175 g/mol. The van der Waals surface area contributed by atoms with Gasteiger partial charge in [0, 0.05) is 11.9 Å². The van der Waals surface area contributed by atoms with E-state index in [1.807, 2.05) is 0 Å². The van der Waals surface area contributed by atoms with Crippen molar-refractivity contribution in [1.29, 1.82) is 0 Å². The van der Waals surface area contributed by atoms with Crippen molar-refractivity contribution in [2.75, 3.05) is 6.54 Å². The van der Waals surface area contributed by atoms with Crippen LogP contribution in [0.15, 0.2) is 12.7 Å². The van der Waals surface area contributed by atoms with E-state index in [1.54, 1.807) is 0 Å². The summed E-state index contributed by atoms with van der Waals surface area (Å²) in [4.78, 5) is 10.5. The fraction of sp³-hybridized carbons (Fsp3) is 0.333. The van der Waals surface area contributed by atoms with Crippen LogP contribution in [0.3, 0.4) is 0 Å². The van der Waals surface area contributed by atoms with E-state index in [0.717, 1.165) is 11.4 Å². The minimum absolute atomic E-state index is 0.296. The molecule has 0 heterocycles. The van der Waals surface area contributed by atoms with E-state index >= 15 is 0 Å². The van der Waals surface area contributed by atoms with Gasteiger partial charge in [0.05, 0.1) is 0 Å². The SMILES string of the molecule is C=CC(=O)NCCC=S(=O)=O. The van der Waals surface area contributed by atoms with Crippen LogP contribution in [0.5, 0.6) is 0 Å². The van der Waals surface area contributed by atoms with E-state index in [4.69, 9.17) is 0 Å². The number of amides is 1. The molecule has 5 heteroatoms. The van der Waals surface area contributed by atoms with Crippen molar-refractivity contribution in [3.63, 3.8) is 0 Å². The van der Waals surface area contributed by atoms with Gasteiger partial charge in [-0.25, -0.2) is 0 Å². The zero-order valence-corrected chi connectivity index (χ0v) is 6.73. The van der Waals surface area contributed by atoms with Gasteiger partial charge >= 0.3 is 0 Å². The molecule has 62 valence electrons. The molecule has 0 aromatic heterocycles. The fourth-order valence-electron chi connectivity index (χ4n) is 0.423. The summed E-state index contributed by atoms with van der Waals surface area (Å²) < 4.78 is 19.9. The van der Waals surface area contributed by atoms with Crippen LogP contribution in [0.1, 0.15) is 6.42 Å². The second kappa shape index (κ2) is 5.67. The molecule has 4 nitrogen and oxygen atoms in total. The highest BCUT2D eigenvalue weighted by molar-refractivity contribution is 7.71. The first-order chi connectivity index (χ1) is 5.16. The van der Waals surface area contributed by atoms with E-state index in [0.29, 0.717) is 13.0 Å². The summed E-state index contributed by atoms with van der Waals surface area (Å²) in [7, 11) is -2.13. The van der Waals surface area contributed by atoms with Gasteiger partial charge < -0.3 is 5.32 Å². The highest BCUT2D eigenvalue weighted by Crippen LogP contribution is 1.70. The second-order valence-electron chi connectivity index (χ2n) is 1.71. The van der Waals surface area contributed by atoms with E-state index in [9.17, 15) is 13.2 Å². The fourth-order valence-corrected chi connectivity index (χ4v) is 0.733. The van der Waals surface area contributed by atoms with Crippen LogP contribution in [0.4, 0.5) is 0 Å². The summed E-state index contributed by atoms with van der Waals surface area (Å²) >= 11 is 0. The van der Waals surface area contributed by atoms with Crippen LogP contribution in [0.2, 0.25) is 0 Å². The number of hydrogen-bond donors (Lipinski definition) is 1. The first kappa shape index (κ1) is 9.90. The number of rotatable bonds is 4. The van der Waals surface area contributed by atoms with Crippen molar-refractivity contribution in [3.05, 3.63) is 12.7 Å². The highest BCUT2D eigenvalue weighted by Gasteiger charge is 1.89. The summed E-state index contributed by atoms with van der Waals surface area (Å²) in [5, 5.41) is 3.51. The molecule has 0 atom stereocenters. The van der Waals surface area contributed by atoms with Crippen molar-refractivity contribution in [2.45, 2.75) is 6.42 Å². The van der Waals surface area contributed by atoms with E-state index in [2.05, 4.69) is 11.9 Å². The lowest BCUT2D eigenvalue weighted by atomic mass is 10.4. The largest absolute Gasteiger partial charge is 0.352 e. The summed E-state index contributed by atoms with van der Waals surface area (Å²) in [5.74, 6) is -0.296. The Labute approximate surface area is 66.4 Å². The molecule has 0 radical (unpaired) electrons. The van der Waals surface area contributed by atoms with Gasteiger partial charge in [-0.3, -0.25) is 4.79 Å². The second-order valence-corrected chi connectivity index (χ2v) is 2.57. The van der Waals surface area contributed by atoms with Crippen LogP contribution in [0.25, 0.3) is 0 Å². The van der Waals surface area contributed by atoms with Crippen LogP contribution in [-0.4, -0.2) is 26.2 Å². The Morgan fingerprint density at radius 1 is 1.55 bits per heavy atom. The maximum atomic E-state index is 10.5. The molecule has 0 unspecified atom stereocenters. The third-order valence-electron chi connectivity index (χ3n) is 0.883. The van der Waals surface area contributed by atoms with Crippen molar-refractivity contribution in [2.24, 2.45) is 0 Å². The highest BCUT2D eigenvalue weighted by atomic mass is 32.2. The molecule has 0 rings (SSSR count). The van der Waals surface area contributed by atoms with Crippen LogP contribution >= 0.6 is 0 Å². The van der Waals surface area contributed by atoms with Crippen molar-refractivity contribution >= 4 is 21.6 Å². The molecule has 0 aliphatic carbocycles. The van der Waals surface area contributed by atoms with Gasteiger partial charge in [-0.2, -0.15) is 8.42 Å². The predicted molar refractivity (Wildman–Crippen MR) is 42.8 cm³/mol. The molecule has 0 bridgehead atoms. The van der Waals surface area contributed by atoms with Crippen molar-refractivity contribution in [1.82, 2.24) is 5.32 Å². The molecule has 0 saturated carbocycles. The van der Waals surface area contributed by atoms with Crippen LogP contribution in [0, 0.1) is 0 Å². The average Bonchev–Trinajstić information content (AvgIpc) is 1.97. The lowest BCUT2D eigenvalue weighted by Gasteiger charge is -1.94. The zero-order chi connectivity index (χ0) is 8.69. The lowest BCUT2D eigenvalue weighted by Crippen LogP contribution is -2.21. The lowest BCUT2D eigenvalue weighted by molar-refractivity contribution is -0.116.